The van der Waals surface area contributed by atoms with Gasteiger partial charge in [0.25, 0.3) is 5.91 Å². The van der Waals surface area contributed by atoms with Gasteiger partial charge in [0.2, 0.25) is 0 Å². The van der Waals surface area contributed by atoms with Gasteiger partial charge in [-0.3, -0.25) is 14.7 Å². The van der Waals surface area contributed by atoms with Crippen LogP contribution in [0.15, 0.2) is 24.4 Å². The zero-order valence-electron chi connectivity index (χ0n) is 12.6. The molecule has 0 N–H and O–H groups in total. The predicted octanol–water partition coefficient (Wildman–Crippen LogP) is 1.47. The Morgan fingerprint density at radius 3 is 2.76 bits per heavy atom. The van der Waals surface area contributed by atoms with Crippen molar-refractivity contribution in [2.24, 2.45) is 0 Å². The lowest BCUT2D eigenvalue weighted by atomic mass is 10.1. The summed E-state index contributed by atoms with van der Waals surface area (Å²) in [7, 11) is 0. The van der Waals surface area contributed by atoms with Crippen LogP contribution in [0, 0.1) is 0 Å². The fraction of sp³-hybridized carbons (Fsp3) is 0.625. The van der Waals surface area contributed by atoms with Gasteiger partial charge in [-0.2, -0.15) is 0 Å². The Morgan fingerprint density at radius 2 is 2.14 bits per heavy atom. The molecule has 2 aliphatic heterocycles. The van der Waals surface area contributed by atoms with E-state index in [-0.39, 0.29) is 12.0 Å². The minimum Gasteiger partial charge on any atom is -0.368 e. The highest BCUT2D eigenvalue weighted by molar-refractivity contribution is 5.81. The van der Waals surface area contributed by atoms with Crippen LogP contribution in [-0.2, 0) is 9.53 Å². The SMILES string of the molecule is C[C@@H](c1ccccn1)N1CCN(C(=O)[C@@H]2CCCO2)CC1. The number of carbonyl (C=O) groups is 1. The van der Waals surface area contributed by atoms with Crippen LogP contribution in [0.2, 0.25) is 0 Å². The monoisotopic (exact) mass is 289 g/mol. The number of hydrogen-bond donors (Lipinski definition) is 0. The lowest BCUT2D eigenvalue weighted by molar-refractivity contribution is -0.143. The molecule has 5 heteroatoms. The third kappa shape index (κ3) is 3.24. The van der Waals surface area contributed by atoms with Gasteiger partial charge in [0.05, 0.1) is 5.69 Å². The van der Waals surface area contributed by atoms with Crippen LogP contribution in [0.1, 0.15) is 31.5 Å². The topological polar surface area (TPSA) is 45.7 Å². The van der Waals surface area contributed by atoms with Crippen molar-refractivity contribution in [3.63, 3.8) is 0 Å². The second-order valence-electron chi connectivity index (χ2n) is 5.79. The van der Waals surface area contributed by atoms with Crippen molar-refractivity contribution in [1.29, 1.82) is 0 Å². The van der Waals surface area contributed by atoms with E-state index in [0.29, 0.717) is 6.04 Å². The Labute approximate surface area is 125 Å². The number of carbonyl (C=O) groups excluding carboxylic acids is 1. The second-order valence-corrected chi connectivity index (χ2v) is 5.79. The summed E-state index contributed by atoms with van der Waals surface area (Å²) in [6.45, 7) is 6.28. The maximum absolute atomic E-state index is 12.3. The molecule has 114 valence electrons. The van der Waals surface area contributed by atoms with Gasteiger partial charge in [-0.25, -0.2) is 0 Å². The summed E-state index contributed by atoms with van der Waals surface area (Å²) in [5.74, 6) is 0.178. The number of amides is 1. The van der Waals surface area contributed by atoms with E-state index in [2.05, 4.69) is 22.9 Å². The van der Waals surface area contributed by atoms with Gasteiger partial charge in [0.15, 0.2) is 0 Å². The van der Waals surface area contributed by atoms with E-state index in [4.69, 9.17) is 4.74 Å². The van der Waals surface area contributed by atoms with Gasteiger partial charge in [0, 0.05) is 45.0 Å². The van der Waals surface area contributed by atoms with E-state index >= 15 is 0 Å². The summed E-state index contributed by atoms with van der Waals surface area (Å²) in [5, 5.41) is 0. The Balaban J connectivity index is 1.54. The van der Waals surface area contributed by atoms with Crippen molar-refractivity contribution in [3.05, 3.63) is 30.1 Å². The Kier molecular flexibility index (Phi) is 4.51. The normalized spacial score (nSPS) is 25.0. The lowest BCUT2D eigenvalue weighted by Crippen LogP contribution is -2.51. The second kappa shape index (κ2) is 6.54. The first-order chi connectivity index (χ1) is 10.3. The molecular weight excluding hydrogens is 266 g/mol. The third-order valence-electron chi connectivity index (χ3n) is 4.49. The minimum atomic E-state index is -0.190. The smallest absolute Gasteiger partial charge is 0.251 e. The summed E-state index contributed by atoms with van der Waals surface area (Å²) < 4.78 is 5.50. The molecule has 3 heterocycles. The average Bonchev–Trinajstić information content (AvgIpc) is 3.09. The van der Waals surface area contributed by atoms with E-state index in [1.54, 1.807) is 0 Å². The van der Waals surface area contributed by atoms with Gasteiger partial charge < -0.3 is 9.64 Å². The molecule has 2 atom stereocenters. The molecule has 0 saturated carbocycles. The first-order valence-electron chi connectivity index (χ1n) is 7.81. The molecule has 1 aromatic heterocycles. The molecule has 0 bridgehead atoms. The average molecular weight is 289 g/mol. The standard InChI is InChI=1S/C16H23N3O2/c1-13(14-5-2-3-7-17-14)18-8-10-19(11-9-18)16(20)15-6-4-12-21-15/h2-3,5,7,13,15H,4,6,8-12H2,1H3/t13-,15-/m0/s1. The third-order valence-corrected chi connectivity index (χ3v) is 4.49. The van der Waals surface area contributed by atoms with Crippen molar-refractivity contribution in [2.45, 2.75) is 31.9 Å². The summed E-state index contributed by atoms with van der Waals surface area (Å²) in [5.41, 5.74) is 1.09. The molecule has 3 rings (SSSR count). The highest BCUT2D eigenvalue weighted by Gasteiger charge is 2.31. The lowest BCUT2D eigenvalue weighted by Gasteiger charge is -2.38. The molecule has 1 amide bonds. The number of aromatic nitrogens is 1. The molecule has 0 aromatic carbocycles. The zero-order valence-corrected chi connectivity index (χ0v) is 12.6. The van der Waals surface area contributed by atoms with Crippen LogP contribution in [0.5, 0.6) is 0 Å². The number of piperazine rings is 1. The van der Waals surface area contributed by atoms with Crippen LogP contribution < -0.4 is 0 Å². The van der Waals surface area contributed by atoms with Crippen molar-refractivity contribution in [1.82, 2.24) is 14.8 Å². The van der Waals surface area contributed by atoms with Crippen LogP contribution in [0.3, 0.4) is 0 Å². The highest BCUT2D eigenvalue weighted by Crippen LogP contribution is 2.21. The molecule has 0 radical (unpaired) electrons. The maximum atomic E-state index is 12.3. The summed E-state index contributed by atoms with van der Waals surface area (Å²) in [6, 6.07) is 6.32. The van der Waals surface area contributed by atoms with Gasteiger partial charge in [-0.1, -0.05) is 6.07 Å². The van der Waals surface area contributed by atoms with Crippen molar-refractivity contribution >= 4 is 5.91 Å². The van der Waals surface area contributed by atoms with Crippen LogP contribution in [0.4, 0.5) is 0 Å². The molecular formula is C16H23N3O2. The number of rotatable bonds is 3. The quantitative estimate of drug-likeness (QED) is 0.845. The Bertz CT molecular complexity index is 466. The summed E-state index contributed by atoms with van der Waals surface area (Å²) in [4.78, 5) is 21.1. The van der Waals surface area contributed by atoms with Gasteiger partial charge in [-0.15, -0.1) is 0 Å². The van der Waals surface area contributed by atoms with Crippen LogP contribution in [0.25, 0.3) is 0 Å². The first-order valence-corrected chi connectivity index (χ1v) is 7.81. The van der Waals surface area contributed by atoms with Gasteiger partial charge in [-0.05, 0) is 31.9 Å². The van der Waals surface area contributed by atoms with Crippen molar-refractivity contribution in [2.75, 3.05) is 32.8 Å². The minimum absolute atomic E-state index is 0.178. The zero-order chi connectivity index (χ0) is 14.7. The predicted molar refractivity (Wildman–Crippen MR) is 79.8 cm³/mol. The molecule has 21 heavy (non-hydrogen) atoms. The first kappa shape index (κ1) is 14.5. The number of nitrogens with zero attached hydrogens (tertiary/aromatic N) is 3. The summed E-state index contributed by atoms with van der Waals surface area (Å²) in [6.07, 6.45) is 3.53. The molecule has 1 aromatic rings. The Hall–Kier alpha value is -1.46. The number of pyridine rings is 1. The fourth-order valence-electron chi connectivity index (χ4n) is 3.12. The number of hydrogen-bond acceptors (Lipinski definition) is 4. The van der Waals surface area contributed by atoms with E-state index in [1.807, 2.05) is 23.2 Å². The molecule has 0 unspecified atom stereocenters. The summed E-state index contributed by atoms with van der Waals surface area (Å²) >= 11 is 0. The van der Waals surface area contributed by atoms with E-state index in [1.165, 1.54) is 0 Å². The fourth-order valence-corrected chi connectivity index (χ4v) is 3.12. The molecule has 0 aliphatic carbocycles. The molecule has 2 fully saturated rings. The van der Waals surface area contributed by atoms with Gasteiger partial charge >= 0.3 is 0 Å². The van der Waals surface area contributed by atoms with Gasteiger partial charge in [0.1, 0.15) is 6.10 Å². The largest absolute Gasteiger partial charge is 0.368 e. The van der Waals surface area contributed by atoms with Crippen molar-refractivity contribution < 1.29 is 9.53 Å². The van der Waals surface area contributed by atoms with Crippen LogP contribution >= 0.6 is 0 Å². The van der Waals surface area contributed by atoms with E-state index in [9.17, 15) is 4.79 Å². The molecule has 0 spiro atoms. The highest BCUT2D eigenvalue weighted by atomic mass is 16.5. The number of ether oxygens (including phenoxy) is 1. The maximum Gasteiger partial charge on any atom is 0.251 e. The van der Waals surface area contributed by atoms with E-state index in [0.717, 1.165) is 51.3 Å². The van der Waals surface area contributed by atoms with E-state index < -0.39 is 0 Å². The molecule has 2 saturated heterocycles. The Morgan fingerprint density at radius 1 is 1.33 bits per heavy atom. The van der Waals surface area contributed by atoms with Crippen LogP contribution in [-0.4, -0.2) is 59.6 Å². The molecule has 5 nitrogen and oxygen atoms in total. The molecule has 2 aliphatic rings. The van der Waals surface area contributed by atoms with Crippen molar-refractivity contribution in [3.8, 4) is 0 Å².